The molecule has 0 bridgehead atoms. The van der Waals surface area contributed by atoms with Crippen LogP contribution in [0.4, 0.5) is 0 Å². The second-order valence-corrected chi connectivity index (χ2v) is 9.52. The van der Waals surface area contributed by atoms with Gasteiger partial charge in [0.05, 0.1) is 12.7 Å². The fourth-order valence-corrected chi connectivity index (χ4v) is 3.05. The molecule has 252 valence electrons. The van der Waals surface area contributed by atoms with Crippen molar-refractivity contribution in [2.24, 2.45) is 17.2 Å². The zero-order valence-corrected chi connectivity index (χ0v) is 24.3. The van der Waals surface area contributed by atoms with Gasteiger partial charge in [0.1, 0.15) is 36.0 Å². The van der Waals surface area contributed by atoms with E-state index in [1.807, 2.05) is 0 Å². The van der Waals surface area contributed by atoms with Crippen molar-refractivity contribution in [3.63, 3.8) is 0 Å². The number of carbonyl (C=O) groups is 5. The molecule has 16 N–H and O–H groups in total. The molecule has 18 nitrogen and oxygen atoms in total. The summed E-state index contributed by atoms with van der Waals surface area (Å²) in [6.07, 6.45) is 2.86. The number of aliphatic hydroxyl groups excluding tert-OH is 2. The first-order chi connectivity index (χ1) is 20.4. The normalized spacial score (nSPS) is 19.2. The Morgan fingerprint density at radius 1 is 0.773 bits per heavy atom. The van der Waals surface area contributed by atoms with Gasteiger partial charge in [-0.15, -0.1) is 0 Å². The molecule has 2 heterocycles. The lowest BCUT2D eigenvalue weighted by Crippen LogP contribution is -2.39. The second kappa shape index (κ2) is 23.5. The van der Waals surface area contributed by atoms with Gasteiger partial charge < -0.3 is 68.7 Å². The van der Waals surface area contributed by atoms with E-state index in [2.05, 4.69) is 10.6 Å². The fraction of sp³-hybridized carbons (Fsp3) is 0.577. The van der Waals surface area contributed by atoms with Crippen LogP contribution in [0.2, 0.25) is 0 Å². The molecule has 3 rings (SSSR count). The van der Waals surface area contributed by atoms with E-state index >= 15 is 0 Å². The molecule has 2 aliphatic rings. The number of carboxylic acid groups (broad SMARTS) is 5. The number of aliphatic hydroxyl groups is 2. The number of aliphatic carboxylic acids is 5. The monoisotopic (exact) mass is 635 g/mol. The Kier molecular flexibility index (Phi) is 22.6. The van der Waals surface area contributed by atoms with Crippen LogP contribution in [0.15, 0.2) is 24.3 Å². The van der Waals surface area contributed by atoms with Gasteiger partial charge in [-0.2, -0.15) is 0 Å². The van der Waals surface area contributed by atoms with E-state index in [9.17, 15) is 24.0 Å². The third-order valence-corrected chi connectivity index (χ3v) is 5.74. The second-order valence-electron chi connectivity index (χ2n) is 9.52. The van der Waals surface area contributed by atoms with Crippen LogP contribution in [0, 0.1) is 0 Å². The van der Waals surface area contributed by atoms with Crippen LogP contribution in [-0.4, -0.2) is 127 Å². The average molecular weight is 636 g/mol. The topological polar surface area (TPSA) is 349 Å². The maximum atomic E-state index is 10.4. The third kappa shape index (κ3) is 20.9. The Balaban J connectivity index is 0. The number of phenols is 1. The molecule has 1 aromatic rings. The molecule has 0 unspecified atom stereocenters. The van der Waals surface area contributed by atoms with Crippen molar-refractivity contribution in [1.29, 1.82) is 0 Å². The van der Waals surface area contributed by atoms with Crippen LogP contribution in [0.3, 0.4) is 0 Å². The minimum Gasteiger partial charge on any atom is -0.508 e. The summed E-state index contributed by atoms with van der Waals surface area (Å²) in [5.41, 5.74) is 15.8. The predicted octanol–water partition coefficient (Wildman–Crippen LogP) is -2.84. The number of phenolic OH excluding ortho intramolecular Hbond substituents is 1. The molecule has 6 atom stereocenters. The lowest BCUT2D eigenvalue weighted by atomic mass is 10.1. The molecule has 1 aromatic carbocycles. The molecule has 18 heteroatoms. The Morgan fingerprint density at radius 2 is 1.18 bits per heavy atom. The molecule has 0 radical (unpaired) electrons. The number of carboxylic acids is 5. The van der Waals surface area contributed by atoms with Gasteiger partial charge in [0.15, 0.2) is 0 Å². The summed E-state index contributed by atoms with van der Waals surface area (Å²) in [4.78, 5) is 50.2. The standard InChI is InChI=1S/C9H11NO3.2C5H9NO2.C4H9NO3.C3H7NO3/c10-8(9(12)13)5-6-1-3-7(11)4-2-6;2*7-5(8)4-2-1-3-6-4;1-2(6)3(5)4(7)8;4-2(1-5)3(6)7/h1-4,8,11H,5,10H2,(H,12,13);2*4,6H,1-3H2,(H,7,8);2-3,6H,5H2,1H3,(H,7,8);2,5H,1,4H2,(H,6,7)/t8-;2*4-;2-,3+;2-/m00010/s1. The molecule has 0 spiro atoms. The average Bonchev–Trinajstić information content (AvgIpc) is 3.70. The first kappa shape index (κ1) is 42.2. The molecule has 2 aliphatic heterocycles. The molecule has 2 saturated heterocycles. The van der Waals surface area contributed by atoms with E-state index in [0.29, 0.717) is 0 Å². The van der Waals surface area contributed by atoms with E-state index in [-0.39, 0.29) is 24.3 Å². The maximum absolute atomic E-state index is 10.4. The predicted molar refractivity (Wildman–Crippen MR) is 155 cm³/mol. The minimum absolute atomic E-state index is 0.160. The Morgan fingerprint density at radius 3 is 1.36 bits per heavy atom. The SMILES string of the molecule is C[C@@H](O)[C@H](N)C(=O)O.N[C@@H](CO)C(=O)O.N[C@@H](Cc1ccc(O)cc1)C(=O)O.O=C(O)[C@@H]1CCCN1.O=C(O)[C@@H]1CCCN1. The molecule has 44 heavy (non-hydrogen) atoms. The fourth-order valence-electron chi connectivity index (χ4n) is 3.05. The van der Waals surface area contributed by atoms with Crippen LogP contribution in [0.1, 0.15) is 38.2 Å². The van der Waals surface area contributed by atoms with E-state index < -0.39 is 60.7 Å². The van der Waals surface area contributed by atoms with Crippen molar-refractivity contribution in [1.82, 2.24) is 10.6 Å². The van der Waals surface area contributed by atoms with Crippen molar-refractivity contribution < 1.29 is 64.8 Å². The van der Waals surface area contributed by atoms with Crippen LogP contribution < -0.4 is 27.8 Å². The molecule has 0 aliphatic carbocycles. The van der Waals surface area contributed by atoms with Crippen LogP contribution in [0.25, 0.3) is 0 Å². The number of hydrogen-bond donors (Lipinski definition) is 13. The highest BCUT2D eigenvalue weighted by molar-refractivity contribution is 5.75. The highest BCUT2D eigenvalue weighted by atomic mass is 16.4. The summed E-state index contributed by atoms with van der Waals surface area (Å²) in [5, 5.41) is 72.3. The number of nitrogens with two attached hydrogens (primary N) is 3. The lowest BCUT2D eigenvalue weighted by molar-refractivity contribution is -0.141. The molecule has 0 saturated carbocycles. The zero-order valence-electron chi connectivity index (χ0n) is 24.3. The molecule has 0 amide bonds. The summed E-state index contributed by atoms with van der Waals surface area (Å²) in [6, 6.07) is 2.61. The van der Waals surface area contributed by atoms with Gasteiger partial charge in [0, 0.05) is 0 Å². The van der Waals surface area contributed by atoms with E-state index in [0.717, 1.165) is 44.3 Å². The summed E-state index contributed by atoms with van der Waals surface area (Å²) in [5.74, 6) is -4.66. The van der Waals surface area contributed by atoms with Crippen molar-refractivity contribution in [2.75, 3.05) is 19.7 Å². The number of nitrogens with one attached hydrogen (secondary N) is 2. The van der Waals surface area contributed by atoms with Crippen LogP contribution in [-0.2, 0) is 30.4 Å². The summed E-state index contributed by atoms with van der Waals surface area (Å²) >= 11 is 0. The summed E-state index contributed by atoms with van der Waals surface area (Å²) < 4.78 is 0. The number of benzene rings is 1. The molecule has 0 aromatic heterocycles. The van der Waals surface area contributed by atoms with Crippen LogP contribution >= 0.6 is 0 Å². The number of aromatic hydroxyl groups is 1. The van der Waals surface area contributed by atoms with Gasteiger partial charge >= 0.3 is 29.8 Å². The van der Waals surface area contributed by atoms with E-state index in [1.54, 1.807) is 12.1 Å². The van der Waals surface area contributed by atoms with Crippen molar-refractivity contribution >= 4 is 29.8 Å². The molecule has 2 fully saturated rings. The van der Waals surface area contributed by atoms with E-state index in [4.69, 9.17) is 58.1 Å². The van der Waals surface area contributed by atoms with Crippen molar-refractivity contribution in [3.05, 3.63) is 29.8 Å². The zero-order chi connectivity index (χ0) is 34.4. The van der Waals surface area contributed by atoms with Gasteiger partial charge in [-0.1, -0.05) is 12.1 Å². The van der Waals surface area contributed by atoms with Crippen molar-refractivity contribution in [3.8, 4) is 5.75 Å². The molecular formula is C26H45N5O13. The third-order valence-electron chi connectivity index (χ3n) is 5.74. The highest BCUT2D eigenvalue weighted by Gasteiger charge is 2.21. The quantitative estimate of drug-likeness (QED) is 0.130. The Labute approximate surface area is 253 Å². The Hall–Kier alpha value is -3.91. The van der Waals surface area contributed by atoms with Gasteiger partial charge in [0.25, 0.3) is 0 Å². The van der Waals surface area contributed by atoms with Gasteiger partial charge in [-0.05, 0) is 69.8 Å². The number of hydrogen-bond acceptors (Lipinski definition) is 13. The van der Waals surface area contributed by atoms with Gasteiger partial charge in [-0.25, -0.2) is 0 Å². The first-order valence-electron chi connectivity index (χ1n) is 13.4. The Bertz CT molecular complexity index is 956. The van der Waals surface area contributed by atoms with Crippen LogP contribution in [0.5, 0.6) is 5.75 Å². The van der Waals surface area contributed by atoms with Gasteiger partial charge in [0.2, 0.25) is 0 Å². The summed E-state index contributed by atoms with van der Waals surface area (Å²) in [6.45, 7) is 2.54. The molecular weight excluding hydrogens is 590 g/mol. The first-order valence-corrected chi connectivity index (χ1v) is 13.4. The minimum atomic E-state index is -1.18. The van der Waals surface area contributed by atoms with E-state index in [1.165, 1.54) is 19.1 Å². The van der Waals surface area contributed by atoms with Gasteiger partial charge in [-0.3, -0.25) is 24.0 Å². The maximum Gasteiger partial charge on any atom is 0.323 e. The largest absolute Gasteiger partial charge is 0.508 e. The smallest absolute Gasteiger partial charge is 0.323 e. The highest BCUT2D eigenvalue weighted by Crippen LogP contribution is 2.10. The summed E-state index contributed by atoms with van der Waals surface area (Å²) in [7, 11) is 0. The van der Waals surface area contributed by atoms with Crippen molar-refractivity contribution in [2.45, 2.75) is 75.3 Å². The lowest BCUT2D eigenvalue weighted by Gasteiger charge is -2.06. The number of rotatable bonds is 9.